The number of rotatable bonds is 8. The van der Waals surface area contributed by atoms with E-state index in [0.29, 0.717) is 46.4 Å². The first kappa shape index (κ1) is 33.4. The van der Waals surface area contributed by atoms with Gasteiger partial charge in [-0.05, 0) is 66.6 Å². The summed E-state index contributed by atoms with van der Waals surface area (Å²) in [6.07, 6.45) is -3.93. The molecule has 2 amide bonds. The molecule has 0 radical (unpaired) electrons. The smallest absolute Gasteiger partial charge is 0.368 e. The molecule has 2 saturated heterocycles. The number of hydrogen-bond acceptors (Lipinski definition) is 6. The monoisotopic (exact) mass is 662 g/mol. The van der Waals surface area contributed by atoms with Gasteiger partial charge in [-0.25, -0.2) is 8.42 Å². The normalized spacial score (nSPS) is 20.6. The lowest BCUT2D eigenvalue weighted by molar-refractivity contribution is -0.142. The molecule has 0 spiro atoms. The number of sulfonamides is 1. The van der Waals surface area contributed by atoms with Crippen molar-refractivity contribution in [1.82, 2.24) is 9.62 Å². The molecular weight excluding hydrogens is 628 g/mol. The van der Waals surface area contributed by atoms with E-state index >= 15 is 0 Å². The summed E-state index contributed by atoms with van der Waals surface area (Å²) in [6.45, 7) is 5.06. The highest BCUT2D eigenvalue weighted by atomic mass is 35.5. The van der Waals surface area contributed by atoms with E-state index in [1.165, 1.54) is 12.1 Å². The molecule has 2 aliphatic heterocycles. The zero-order valence-corrected chi connectivity index (χ0v) is 26.2. The molecule has 236 valence electrons. The summed E-state index contributed by atoms with van der Waals surface area (Å²) in [4.78, 5) is 30.3. The summed E-state index contributed by atoms with van der Waals surface area (Å²) in [5.74, 6) is -2.96. The molecule has 2 aliphatic rings. The van der Waals surface area contributed by atoms with Crippen LogP contribution in [0.15, 0.2) is 36.4 Å². The Morgan fingerprint density at radius 3 is 2.35 bits per heavy atom. The molecule has 4 rings (SSSR count). The van der Waals surface area contributed by atoms with Gasteiger partial charge in [-0.1, -0.05) is 43.1 Å². The Kier molecular flexibility index (Phi) is 10.3. The number of nitrogens with one attached hydrogen (secondary N) is 1. The van der Waals surface area contributed by atoms with Crippen molar-refractivity contribution in [2.75, 3.05) is 36.8 Å². The van der Waals surface area contributed by atoms with Gasteiger partial charge < -0.3 is 15.5 Å². The van der Waals surface area contributed by atoms with Crippen molar-refractivity contribution in [2.24, 2.45) is 23.5 Å². The molecule has 3 unspecified atom stereocenters. The first-order valence-corrected chi connectivity index (χ1v) is 16.4. The van der Waals surface area contributed by atoms with E-state index in [1.807, 2.05) is 23.5 Å². The summed E-state index contributed by atoms with van der Waals surface area (Å²) in [5.41, 5.74) is 7.20. The molecule has 2 aromatic carbocycles. The largest absolute Gasteiger partial charge is 0.416 e. The topological polar surface area (TPSA) is 113 Å². The second-order valence-corrected chi connectivity index (χ2v) is 14.2. The standard InChI is InChI=1S/C29H35Cl2F3N4O4S/c1-17(2)13-25(35)23-15-19(29(32,33)34)4-6-26(23)37-8-10-38(11-9-37)28(40)22(14-18-3-5-20(30)16-24(18)31)21-7-12-43(41,42)36-27(21)39/h3-6,15-17,21-22,25H,7-14,35H2,1-2H3,(H,36,39). The highest BCUT2D eigenvalue weighted by molar-refractivity contribution is 7.90. The van der Waals surface area contributed by atoms with Crippen molar-refractivity contribution in [3.05, 3.63) is 63.1 Å². The third-order valence-electron chi connectivity index (χ3n) is 7.96. The van der Waals surface area contributed by atoms with E-state index in [0.717, 1.165) is 12.1 Å². The maximum atomic E-state index is 13.9. The maximum Gasteiger partial charge on any atom is 0.416 e. The third-order valence-corrected chi connectivity index (χ3v) is 9.83. The van der Waals surface area contributed by atoms with Crippen LogP contribution >= 0.6 is 23.2 Å². The number of benzene rings is 2. The zero-order valence-electron chi connectivity index (χ0n) is 23.8. The lowest BCUT2D eigenvalue weighted by Crippen LogP contribution is -2.54. The first-order valence-electron chi connectivity index (χ1n) is 14.0. The van der Waals surface area contributed by atoms with Crippen molar-refractivity contribution in [1.29, 1.82) is 0 Å². The summed E-state index contributed by atoms with van der Waals surface area (Å²) in [5, 5.41) is 0.733. The average molecular weight is 664 g/mol. The van der Waals surface area contributed by atoms with Gasteiger partial charge in [-0.15, -0.1) is 0 Å². The lowest BCUT2D eigenvalue weighted by Gasteiger charge is -2.40. The van der Waals surface area contributed by atoms with E-state index in [-0.39, 0.29) is 43.5 Å². The molecule has 0 bridgehead atoms. The second kappa shape index (κ2) is 13.2. The molecule has 0 aliphatic carbocycles. The molecule has 2 heterocycles. The molecule has 43 heavy (non-hydrogen) atoms. The maximum absolute atomic E-state index is 13.9. The Morgan fingerprint density at radius 2 is 1.77 bits per heavy atom. The van der Waals surface area contributed by atoms with Crippen molar-refractivity contribution in [2.45, 2.75) is 45.3 Å². The fraction of sp³-hybridized carbons (Fsp3) is 0.517. The molecule has 0 saturated carbocycles. The molecule has 3 N–H and O–H groups in total. The van der Waals surface area contributed by atoms with Gasteiger partial charge in [-0.3, -0.25) is 14.3 Å². The van der Waals surface area contributed by atoms with Crippen LogP contribution in [0, 0.1) is 17.8 Å². The summed E-state index contributed by atoms with van der Waals surface area (Å²) >= 11 is 12.4. The van der Waals surface area contributed by atoms with Gasteiger partial charge in [-0.2, -0.15) is 13.2 Å². The SMILES string of the molecule is CC(C)CC(N)c1cc(C(F)(F)F)ccc1N1CCN(C(=O)C(Cc2ccc(Cl)cc2Cl)C2CCS(=O)(=O)NC2=O)CC1. The molecule has 2 fully saturated rings. The minimum Gasteiger partial charge on any atom is -0.368 e. The van der Waals surface area contributed by atoms with Gasteiger partial charge in [0.2, 0.25) is 21.8 Å². The molecule has 0 aromatic heterocycles. The van der Waals surface area contributed by atoms with E-state index < -0.39 is 45.5 Å². The van der Waals surface area contributed by atoms with Crippen LogP contribution in [-0.2, 0) is 32.2 Å². The summed E-state index contributed by atoms with van der Waals surface area (Å²) < 4.78 is 66.6. The Balaban J connectivity index is 1.56. The Hall–Kier alpha value is -2.54. The number of carbonyl (C=O) groups excluding carboxylic acids is 2. The lowest BCUT2D eigenvalue weighted by atomic mass is 9.83. The highest BCUT2D eigenvalue weighted by Crippen LogP contribution is 2.37. The number of nitrogens with zero attached hydrogens (tertiary/aromatic N) is 2. The fourth-order valence-electron chi connectivity index (χ4n) is 5.76. The van der Waals surface area contributed by atoms with Crippen LogP contribution in [0.5, 0.6) is 0 Å². The van der Waals surface area contributed by atoms with Crippen molar-refractivity contribution in [3.63, 3.8) is 0 Å². The number of piperazine rings is 1. The highest BCUT2D eigenvalue weighted by Gasteiger charge is 2.42. The molecular formula is C29H35Cl2F3N4O4S. The van der Waals surface area contributed by atoms with Crippen LogP contribution in [0.25, 0.3) is 0 Å². The minimum absolute atomic E-state index is 0.0155. The van der Waals surface area contributed by atoms with Crippen LogP contribution in [0.1, 0.15) is 49.4 Å². The Morgan fingerprint density at radius 1 is 1.09 bits per heavy atom. The van der Waals surface area contributed by atoms with Crippen molar-refractivity contribution >= 4 is 50.7 Å². The number of halogens is 5. The van der Waals surface area contributed by atoms with Crippen LogP contribution in [0.3, 0.4) is 0 Å². The van der Waals surface area contributed by atoms with Gasteiger partial charge in [0.1, 0.15) is 0 Å². The Bertz CT molecular complexity index is 1460. The summed E-state index contributed by atoms with van der Waals surface area (Å²) in [6, 6.07) is 7.82. The van der Waals surface area contributed by atoms with E-state index in [4.69, 9.17) is 28.9 Å². The third kappa shape index (κ3) is 8.14. The minimum atomic E-state index is -4.51. The van der Waals surface area contributed by atoms with Crippen LogP contribution < -0.4 is 15.4 Å². The van der Waals surface area contributed by atoms with Gasteiger partial charge in [0.15, 0.2) is 0 Å². The van der Waals surface area contributed by atoms with E-state index in [2.05, 4.69) is 0 Å². The van der Waals surface area contributed by atoms with Gasteiger partial charge in [0, 0.05) is 48.0 Å². The number of anilines is 1. The first-order chi connectivity index (χ1) is 20.1. The molecule has 14 heteroatoms. The van der Waals surface area contributed by atoms with Gasteiger partial charge in [0.05, 0.1) is 23.2 Å². The van der Waals surface area contributed by atoms with Crippen LogP contribution in [0.4, 0.5) is 18.9 Å². The van der Waals surface area contributed by atoms with Crippen molar-refractivity contribution in [3.8, 4) is 0 Å². The molecule has 2 aromatic rings. The molecule has 3 atom stereocenters. The average Bonchev–Trinajstić information content (AvgIpc) is 2.91. The fourth-order valence-corrected chi connectivity index (χ4v) is 7.37. The van der Waals surface area contributed by atoms with Gasteiger partial charge in [0.25, 0.3) is 0 Å². The number of carbonyl (C=O) groups is 2. The quantitative estimate of drug-likeness (QED) is 0.410. The van der Waals surface area contributed by atoms with E-state index in [1.54, 1.807) is 17.0 Å². The van der Waals surface area contributed by atoms with Gasteiger partial charge >= 0.3 is 6.18 Å². The van der Waals surface area contributed by atoms with E-state index in [9.17, 15) is 31.2 Å². The zero-order chi connectivity index (χ0) is 31.7. The second-order valence-electron chi connectivity index (χ2n) is 11.5. The van der Waals surface area contributed by atoms with Crippen molar-refractivity contribution < 1.29 is 31.2 Å². The summed E-state index contributed by atoms with van der Waals surface area (Å²) in [7, 11) is -3.76. The number of amides is 2. The predicted octanol–water partition coefficient (Wildman–Crippen LogP) is 5.03. The Labute approximate surface area is 259 Å². The molecule has 8 nitrogen and oxygen atoms in total. The number of alkyl halides is 3. The van der Waals surface area contributed by atoms with Crippen LogP contribution in [-0.4, -0.2) is 57.1 Å². The number of nitrogens with two attached hydrogens (primary N) is 1. The number of hydrogen-bond donors (Lipinski definition) is 2. The predicted molar refractivity (Wildman–Crippen MR) is 160 cm³/mol. The van der Waals surface area contributed by atoms with Crippen LogP contribution in [0.2, 0.25) is 10.0 Å².